The maximum Gasteiger partial charge on any atom is 0.230 e. The summed E-state index contributed by atoms with van der Waals surface area (Å²) in [6, 6.07) is 5.14. The number of aliphatic hydroxyl groups excluding tert-OH is 1. The molecular weight excluding hydrogens is 285 g/mol. The zero-order valence-corrected chi connectivity index (χ0v) is 12.3. The van der Waals surface area contributed by atoms with Crippen molar-refractivity contribution in [2.24, 2.45) is 11.8 Å². The molecule has 0 spiro atoms. The number of hydrogen-bond donors (Lipinski definition) is 1. The predicted molar refractivity (Wildman–Crippen MR) is 77.8 cm³/mol. The Kier molecular flexibility index (Phi) is 4.71. The largest absolute Gasteiger partial charge is 0.396 e. The molecule has 104 valence electrons. The van der Waals surface area contributed by atoms with E-state index in [9.17, 15) is 9.90 Å². The molecule has 2 unspecified atom stereocenters. The van der Waals surface area contributed by atoms with Crippen molar-refractivity contribution in [1.29, 1.82) is 0 Å². The van der Waals surface area contributed by atoms with Gasteiger partial charge in [-0.2, -0.15) is 0 Å². The predicted octanol–water partition coefficient (Wildman–Crippen LogP) is 3.36. The van der Waals surface area contributed by atoms with Crippen LogP contribution in [-0.2, 0) is 4.79 Å². The van der Waals surface area contributed by atoms with Gasteiger partial charge in [-0.05, 0) is 37.0 Å². The molecule has 2 atom stereocenters. The van der Waals surface area contributed by atoms with Gasteiger partial charge in [0.25, 0.3) is 0 Å². The summed E-state index contributed by atoms with van der Waals surface area (Å²) in [7, 11) is 1.73. The van der Waals surface area contributed by atoms with Gasteiger partial charge in [0.15, 0.2) is 0 Å². The number of carbonyl (C=O) groups is 1. The van der Waals surface area contributed by atoms with Crippen molar-refractivity contribution in [3.63, 3.8) is 0 Å². The molecule has 0 bridgehead atoms. The van der Waals surface area contributed by atoms with Crippen LogP contribution in [0.15, 0.2) is 18.2 Å². The van der Waals surface area contributed by atoms with Crippen LogP contribution in [0.5, 0.6) is 0 Å². The normalized spacial score (nSPS) is 22.5. The second-order valence-electron chi connectivity index (χ2n) is 4.98. The lowest BCUT2D eigenvalue weighted by Crippen LogP contribution is -2.35. The van der Waals surface area contributed by atoms with E-state index in [0.717, 1.165) is 24.9 Å². The average molecular weight is 302 g/mol. The number of amides is 1. The fraction of sp³-hybridized carbons (Fsp3) is 0.500. The molecule has 0 heterocycles. The first-order valence-corrected chi connectivity index (χ1v) is 7.13. The Morgan fingerprint density at radius 3 is 2.74 bits per heavy atom. The van der Waals surface area contributed by atoms with Gasteiger partial charge in [-0.15, -0.1) is 0 Å². The third kappa shape index (κ3) is 3.04. The first-order valence-electron chi connectivity index (χ1n) is 6.38. The van der Waals surface area contributed by atoms with E-state index in [2.05, 4.69) is 0 Å². The lowest BCUT2D eigenvalue weighted by Gasteiger charge is -2.24. The molecule has 2 rings (SSSR count). The molecule has 0 aromatic heterocycles. The monoisotopic (exact) mass is 301 g/mol. The first kappa shape index (κ1) is 14.6. The van der Waals surface area contributed by atoms with Gasteiger partial charge in [-0.25, -0.2) is 0 Å². The fourth-order valence-electron chi connectivity index (χ4n) is 2.65. The quantitative estimate of drug-likeness (QED) is 0.930. The van der Waals surface area contributed by atoms with E-state index in [1.54, 1.807) is 30.1 Å². The molecule has 0 aliphatic heterocycles. The number of rotatable bonds is 3. The highest BCUT2D eigenvalue weighted by Gasteiger charge is 2.34. The molecule has 1 amide bonds. The van der Waals surface area contributed by atoms with Gasteiger partial charge in [0.05, 0.1) is 10.0 Å². The Balaban J connectivity index is 2.16. The van der Waals surface area contributed by atoms with E-state index >= 15 is 0 Å². The summed E-state index contributed by atoms with van der Waals surface area (Å²) >= 11 is 11.8. The maximum atomic E-state index is 12.5. The molecule has 1 aliphatic carbocycles. The topological polar surface area (TPSA) is 40.5 Å². The number of benzene rings is 1. The van der Waals surface area contributed by atoms with E-state index in [0.29, 0.717) is 10.0 Å². The summed E-state index contributed by atoms with van der Waals surface area (Å²) in [6.07, 6.45) is 2.76. The second-order valence-corrected chi connectivity index (χ2v) is 5.79. The Morgan fingerprint density at radius 1 is 1.37 bits per heavy atom. The minimum atomic E-state index is -0.0931. The molecule has 1 saturated carbocycles. The molecule has 1 aliphatic rings. The zero-order valence-electron chi connectivity index (χ0n) is 10.8. The summed E-state index contributed by atoms with van der Waals surface area (Å²) in [6.45, 7) is 0.0750. The number of carbonyl (C=O) groups excluding carboxylic acids is 1. The van der Waals surface area contributed by atoms with Crippen LogP contribution >= 0.6 is 23.2 Å². The lowest BCUT2D eigenvalue weighted by atomic mass is 9.95. The third-order valence-electron chi connectivity index (χ3n) is 3.83. The summed E-state index contributed by atoms with van der Waals surface area (Å²) < 4.78 is 0. The van der Waals surface area contributed by atoms with Gasteiger partial charge in [-0.1, -0.05) is 29.6 Å². The zero-order chi connectivity index (χ0) is 14.0. The van der Waals surface area contributed by atoms with Crippen LogP contribution < -0.4 is 4.90 Å². The van der Waals surface area contributed by atoms with Gasteiger partial charge in [0, 0.05) is 25.3 Å². The van der Waals surface area contributed by atoms with Crippen LogP contribution in [-0.4, -0.2) is 24.7 Å². The molecule has 1 aromatic carbocycles. The van der Waals surface area contributed by atoms with Crippen LogP contribution in [0, 0.1) is 11.8 Å². The van der Waals surface area contributed by atoms with Crippen LogP contribution in [0.25, 0.3) is 0 Å². The van der Waals surface area contributed by atoms with E-state index < -0.39 is 0 Å². The fourth-order valence-corrected chi connectivity index (χ4v) is 2.94. The molecular formula is C14H17Cl2NO2. The van der Waals surface area contributed by atoms with Gasteiger partial charge in [0.2, 0.25) is 5.91 Å². The molecule has 0 radical (unpaired) electrons. The molecule has 1 aromatic rings. The second kappa shape index (κ2) is 6.12. The molecule has 0 saturated heterocycles. The molecule has 3 nitrogen and oxygen atoms in total. The van der Waals surface area contributed by atoms with Gasteiger partial charge in [-0.3, -0.25) is 4.79 Å². The van der Waals surface area contributed by atoms with Crippen molar-refractivity contribution in [2.75, 3.05) is 18.6 Å². The van der Waals surface area contributed by atoms with Gasteiger partial charge < -0.3 is 10.0 Å². The van der Waals surface area contributed by atoms with Gasteiger partial charge in [0.1, 0.15) is 0 Å². The van der Waals surface area contributed by atoms with Crippen LogP contribution in [0.2, 0.25) is 10.0 Å². The molecule has 1 fully saturated rings. The standard InChI is InChI=1S/C14H17Cl2NO2/c1-17(10-5-6-12(15)13(16)7-10)14(19)11-4-2-3-9(11)8-18/h5-7,9,11,18H,2-4,8H2,1H3. The van der Waals surface area contributed by atoms with Crippen LogP contribution in [0.3, 0.4) is 0 Å². The lowest BCUT2D eigenvalue weighted by molar-refractivity contribution is -0.123. The smallest absolute Gasteiger partial charge is 0.230 e. The summed E-state index contributed by atoms with van der Waals surface area (Å²) in [5.74, 6) is 0.0251. The number of nitrogens with zero attached hydrogens (tertiary/aromatic N) is 1. The summed E-state index contributed by atoms with van der Waals surface area (Å²) in [4.78, 5) is 14.0. The minimum Gasteiger partial charge on any atom is -0.396 e. The van der Waals surface area contributed by atoms with E-state index in [4.69, 9.17) is 23.2 Å². The number of anilines is 1. The van der Waals surface area contributed by atoms with Crippen molar-refractivity contribution in [2.45, 2.75) is 19.3 Å². The van der Waals surface area contributed by atoms with E-state index in [1.807, 2.05) is 0 Å². The molecule has 19 heavy (non-hydrogen) atoms. The van der Waals surface area contributed by atoms with Crippen LogP contribution in [0.1, 0.15) is 19.3 Å². The summed E-state index contributed by atoms with van der Waals surface area (Å²) in [5, 5.41) is 10.2. The Morgan fingerprint density at radius 2 is 2.11 bits per heavy atom. The molecule has 5 heteroatoms. The molecule has 1 N–H and O–H groups in total. The maximum absolute atomic E-state index is 12.5. The SMILES string of the molecule is CN(C(=O)C1CCCC1CO)c1ccc(Cl)c(Cl)c1. The Labute approximate surface area is 123 Å². The van der Waals surface area contributed by atoms with E-state index in [-0.39, 0.29) is 24.3 Å². The van der Waals surface area contributed by atoms with E-state index in [1.165, 1.54) is 0 Å². The van der Waals surface area contributed by atoms with Crippen molar-refractivity contribution < 1.29 is 9.90 Å². The Bertz CT molecular complexity index is 479. The minimum absolute atomic E-state index is 0.0370. The highest BCUT2D eigenvalue weighted by Crippen LogP contribution is 2.34. The Hall–Kier alpha value is -0.770. The third-order valence-corrected chi connectivity index (χ3v) is 4.57. The first-order chi connectivity index (χ1) is 9.04. The number of aliphatic hydroxyl groups is 1. The number of halogens is 2. The van der Waals surface area contributed by atoms with Gasteiger partial charge >= 0.3 is 0 Å². The van der Waals surface area contributed by atoms with Crippen molar-refractivity contribution in [3.8, 4) is 0 Å². The highest BCUT2D eigenvalue weighted by atomic mass is 35.5. The average Bonchev–Trinajstić information content (AvgIpc) is 2.88. The van der Waals surface area contributed by atoms with Crippen LogP contribution in [0.4, 0.5) is 5.69 Å². The number of hydrogen-bond acceptors (Lipinski definition) is 2. The summed E-state index contributed by atoms with van der Waals surface area (Å²) in [5.41, 5.74) is 0.725. The van der Waals surface area contributed by atoms with Crippen molar-refractivity contribution in [3.05, 3.63) is 28.2 Å². The van der Waals surface area contributed by atoms with Crippen molar-refractivity contribution >= 4 is 34.8 Å². The highest BCUT2D eigenvalue weighted by molar-refractivity contribution is 6.42. The van der Waals surface area contributed by atoms with Crippen molar-refractivity contribution in [1.82, 2.24) is 0 Å².